The molecule has 1 aromatic carbocycles. The van der Waals surface area contributed by atoms with Crippen molar-refractivity contribution in [3.8, 4) is 11.4 Å². The van der Waals surface area contributed by atoms with Crippen molar-refractivity contribution in [3.63, 3.8) is 0 Å². The Morgan fingerprint density at radius 1 is 0.917 bits per heavy atom. The van der Waals surface area contributed by atoms with E-state index in [1.54, 1.807) is 30.4 Å². The van der Waals surface area contributed by atoms with E-state index < -0.39 is 0 Å². The fourth-order valence-electron chi connectivity index (χ4n) is 4.45. The van der Waals surface area contributed by atoms with Crippen LogP contribution in [0.4, 0.5) is 5.69 Å². The first kappa shape index (κ1) is 25.5. The highest BCUT2D eigenvalue weighted by molar-refractivity contribution is 6.13. The van der Waals surface area contributed by atoms with Crippen LogP contribution in [0.5, 0.6) is 0 Å². The molecule has 8 heteroatoms. The highest BCUT2D eigenvalue weighted by Crippen LogP contribution is 2.37. The number of carbonyl (C=O) groups is 1. The number of aliphatic hydroxyl groups excluding tert-OH is 1. The molecule has 4 rings (SSSR count). The largest absolute Gasteiger partial charge is 0.510 e. The van der Waals surface area contributed by atoms with Gasteiger partial charge >= 0.3 is 0 Å². The summed E-state index contributed by atoms with van der Waals surface area (Å²) < 4.78 is 0. The number of hydrogen-bond donors (Lipinski definition) is 1. The van der Waals surface area contributed by atoms with Gasteiger partial charge in [0.05, 0.1) is 34.8 Å². The number of hydrogen-bond acceptors (Lipinski definition) is 7. The quantitative estimate of drug-likeness (QED) is 0.456. The van der Waals surface area contributed by atoms with E-state index in [0.717, 1.165) is 38.3 Å². The molecule has 0 unspecified atom stereocenters. The van der Waals surface area contributed by atoms with Crippen LogP contribution in [-0.2, 0) is 0 Å². The molecule has 2 aromatic heterocycles. The van der Waals surface area contributed by atoms with Gasteiger partial charge in [-0.15, -0.1) is 0 Å². The van der Waals surface area contributed by atoms with Crippen molar-refractivity contribution in [1.82, 2.24) is 24.8 Å². The molecule has 0 spiro atoms. The number of anilines is 1. The van der Waals surface area contributed by atoms with Crippen molar-refractivity contribution in [2.45, 2.75) is 20.8 Å². The molecular weight excluding hydrogens is 452 g/mol. The summed E-state index contributed by atoms with van der Waals surface area (Å²) in [6, 6.07) is 13.2. The van der Waals surface area contributed by atoms with E-state index in [0.29, 0.717) is 40.6 Å². The third kappa shape index (κ3) is 5.15. The minimum absolute atomic E-state index is 0.137. The third-order valence-electron chi connectivity index (χ3n) is 6.71. The Morgan fingerprint density at radius 3 is 2.31 bits per heavy atom. The van der Waals surface area contributed by atoms with Crippen LogP contribution in [0, 0.1) is 0 Å². The summed E-state index contributed by atoms with van der Waals surface area (Å²) in [7, 11) is 1.71. The predicted molar refractivity (Wildman–Crippen MR) is 143 cm³/mol. The lowest BCUT2D eigenvalue weighted by atomic mass is 10.0. The highest BCUT2D eigenvalue weighted by atomic mass is 16.3. The number of amides is 1. The van der Waals surface area contributed by atoms with Crippen LogP contribution in [-0.4, -0.2) is 82.1 Å². The Hall–Kier alpha value is -3.62. The first-order valence-corrected chi connectivity index (χ1v) is 12.5. The summed E-state index contributed by atoms with van der Waals surface area (Å²) >= 11 is 0. The Balaban J connectivity index is 1.84. The lowest BCUT2D eigenvalue weighted by Gasteiger charge is -2.25. The van der Waals surface area contributed by atoms with Crippen molar-refractivity contribution >= 4 is 17.2 Å². The standard InChI is InChI=1S/C28H34N6O2/c1-5-33(6-2)16-17-34(7-3)19-23(35)24-25-21(18-30-27(31-25)20-12-9-8-10-13-20)28(36)32(4)22-14-11-15-29-26(22)24/h8-15,18,35H,5-7,16-17,19H2,1-4H3. The van der Waals surface area contributed by atoms with Gasteiger partial charge < -0.3 is 14.9 Å². The topological polar surface area (TPSA) is 85.7 Å². The second kappa shape index (κ2) is 11.4. The van der Waals surface area contributed by atoms with Crippen LogP contribution in [0.3, 0.4) is 0 Å². The van der Waals surface area contributed by atoms with Gasteiger partial charge in [-0.05, 0) is 31.8 Å². The van der Waals surface area contributed by atoms with E-state index in [1.165, 1.54) is 0 Å². The summed E-state index contributed by atoms with van der Waals surface area (Å²) in [5.74, 6) is 0.386. The molecule has 0 bridgehead atoms. The smallest absolute Gasteiger partial charge is 0.261 e. The number of aliphatic hydroxyl groups is 1. The molecular formula is C28H34N6O2. The zero-order valence-corrected chi connectivity index (χ0v) is 21.5. The lowest BCUT2D eigenvalue weighted by Crippen LogP contribution is -2.36. The van der Waals surface area contributed by atoms with Crippen molar-refractivity contribution < 1.29 is 9.90 Å². The van der Waals surface area contributed by atoms with Crippen molar-refractivity contribution in [2.75, 3.05) is 51.2 Å². The lowest BCUT2D eigenvalue weighted by molar-refractivity contribution is 0.0992. The number of nitrogens with zero attached hydrogens (tertiary/aromatic N) is 6. The monoisotopic (exact) mass is 486 g/mol. The number of benzene rings is 1. The third-order valence-corrected chi connectivity index (χ3v) is 6.71. The molecule has 8 nitrogen and oxygen atoms in total. The number of pyridine rings is 1. The van der Waals surface area contributed by atoms with E-state index in [1.807, 2.05) is 36.4 Å². The van der Waals surface area contributed by atoms with Crippen LogP contribution in [0.1, 0.15) is 42.5 Å². The van der Waals surface area contributed by atoms with Gasteiger partial charge in [0.25, 0.3) is 5.91 Å². The molecule has 0 saturated heterocycles. The summed E-state index contributed by atoms with van der Waals surface area (Å²) in [4.78, 5) is 33.4. The predicted octanol–water partition coefficient (Wildman–Crippen LogP) is 4.11. The molecule has 0 fully saturated rings. The Kier molecular flexibility index (Phi) is 8.07. The maximum atomic E-state index is 13.4. The molecule has 0 radical (unpaired) electrons. The molecule has 1 N–H and O–H groups in total. The summed E-state index contributed by atoms with van der Waals surface area (Å²) in [5.41, 5.74) is 3.19. The number of carbonyl (C=O) groups excluding carboxylic acids is 1. The van der Waals surface area contributed by atoms with Gasteiger partial charge in [0.2, 0.25) is 0 Å². The van der Waals surface area contributed by atoms with Gasteiger partial charge in [-0.3, -0.25) is 14.7 Å². The molecule has 3 heterocycles. The zero-order chi connectivity index (χ0) is 25.7. The van der Waals surface area contributed by atoms with E-state index in [9.17, 15) is 9.90 Å². The van der Waals surface area contributed by atoms with E-state index in [-0.39, 0.29) is 11.7 Å². The van der Waals surface area contributed by atoms with Crippen molar-refractivity contribution in [1.29, 1.82) is 0 Å². The molecule has 188 valence electrons. The van der Waals surface area contributed by atoms with Crippen LogP contribution in [0.15, 0.2) is 60.6 Å². The first-order valence-electron chi connectivity index (χ1n) is 12.5. The molecule has 1 aliphatic rings. The fraction of sp³-hybridized carbons (Fsp3) is 0.357. The summed E-state index contributed by atoms with van der Waals surface area (Å²) in [6.07, 6.45) is 3.23. The van der Waals surface area contributed by atoms with Gasteiger partial charge in [0, 0.05) is 38.1 Å². The second-order valence-corrected chi connectivity index (χ2v) is 8.77. The fourth-order valence-corrected chi connectivity index (χ4v) is 4.45. The first-order chi connectivity index (χ1) is 17.5. The molecule has 0 atom stereocenters. The minimum Gasteiger partial charge on any atom is -0.510 e. The maximum Gasteiger partial charge on any atom is 0.261 e. The van der Waals surface area contributed by atoms with Crippen LogP contribution in [0.25, 0.3) is 17.0 Å². The van der Waals surface area contributed by atoms with E-state index in [2.05, 4.69) is 40.5 Å². The number of likely N-dealkylation sites (N-methyl/N-ethyl adjacent to an activating group) is 2. The van der Waals surface area contributed by atoms with Gasteiger partial charge in [-0.1, -0.05) is 51.1 Å². The number of rotatable bonds is 9. The second-order valence-electron chi connectivity index (χ2n) is 8.77. The molecule has 0 aliphatic carbocycles. The number of aromatic nitrogens is 3. The summed E-state index contributed by atoms with van der Waals surface area (Å²) in [6.45, 7) is 11.2. The highest BCUT2D eigenvalue weighted by Gasteiger charge is 2.32. The molecule has 3 aromatic rings. The average molecular weight is 487 g/mol. The molecule has 36 heavy (non-hydrogen) atoms. The van der Waals surface area contributed by atoms with E-state index in [4.69, 9.17) is 4.98 Å². The van der Waals surface area contributed by atoms with Crippen LogP contribution in [0.2, 0.25) is 0 Å². The maximum absolute atomic E-state index is 13.4. The average Bonchev–Trinajstić information content (AvgIpc) is 3.01. The summed E-state index contributed by atoms with van der Waals surface area (Å²) in [5, 5.41) is 11.6. The van der Waals surface area contributed by atoms with Gasteiger partial charge in [0.15, 0.2) is 5.82 Å². The van der Waals surface area contributed by atoms with E-state index >= 15 is 0 Å². The Labute approximate surface area is 212 Å². The molecule has 0 saturated carbocycles. The SMILES string of the molecule is CCN(CC)CCN(CC)CC(O)=C1c2nc(-c3ccccc3)ncc2C(=O)N(C)c2cccnc21. The minimum atomic E-state index is -0.240. The molecule has 1 amide bonds. The molecule has 1 aliphatic heterocycles. The van der Waals surface area contributed by atoms with Gasteiger partial charge in [0.1, 0.15) is 5.76 Å². The Bertz CT molecular complexity index is 1240. The number of fused-ring (bicyclic) bond motifs is 2. The van der Waals surface area contributed by atoms with Crippen LogP contribution < -0.4 is 4.90 Å². The Morgan fingerprint density at radius 2 is 1.61 bits per heavy atom. The van der Waals surface area contributed by atoms with Crippen molar-refractivity contribution in [3.05, 3.63) is 77.6 Å². The van der Waals surface area contributed by atoms with Crippen molar-refractivity contribution in [2.24, 2.45) is 0 Å². The normalized spacial score (nSPS) is 14.6. The van der Waals surface area contributed by atoms with Gasteiger partial charge in [-0.2, -0.15) is 0 Å². The van der Waals surface area contributed by atoms with Crippen LogP contribution >= 0.6 is 0 Å². The zero-order valence-electron chi connectivity index (χ0n) is 21.5. The van der Waals surface area contributed by atoms with Gasteiger partial charge in [-0.25, -0.2) is 9.97 Å².